The molecule has 2 N–H and O–H groups in total. The summed E-state index contributed by atoms with van der Waals surface area (Å²) in [5, 5.41) is 12.1. The van der Waals surface area contributed by atoms with Crippen molar-refractivity contribution in [3.8, 4) is 0 Å². The molecule has 1 aromatic heterocycles. The number of piperidine rings is 1. The van der Waals surface area contributed by atoms with Gasteiger partial charge >= 0.3 is 12.4 Å². The highest BCUT2D eigenvalue weighted by Crippen LogP contribution is 2.34. The SMILES string of the molecule is O=C(NCCc1ccc(C(F)(F)F)cc1)[C@@H]1CCCN1c1cc(N2CCC(CO)CC2)nc(C(F)(F)F)n1. The van der Waals surface area contributed by atoms with E-state index >= 15 is 0 Å². The largest absolute Gasteiger partial charge is 0.451 e. The molecule has 0 saturated carbocycles. The van der Waals surface area contributed by atoms with Crippen molar-refractivity contribution in [2.75, 3.05) is 42.6 Å². The van der Waals surface area contributed by atoms with Crippen LogP contribution in [0, 0.1) is 5.92 Å². The topological polar surface area (TPSA) is 81.6 Å². The minimum Gasteiger partial charge on any atom is -0.396 e. The average molecular weight is 546 g/mol. The molecular weight excluding hydrogens is 516 g/mol. The van der Waals surface area contributed by atoms with Crippen LogP contribution < -0.4 is 15.1 Å². The molecule has 1 amide bonds. The predicted molar refractivity (Wildman–Crippen MR) is 128 cm³/mol. The molecule has 0 spiro atoms. The van der Waals surface area contributed by atoms with Gasteiger partial charge in [-0.1, -0.05) is 12.1 Å². The highest BCUT2D eigenvalue weighted by molar-refractivity contribution is 5.85. The van der Waals surface area contributed by atoms with Crippen LogP contribution in [-0.2, 0) is 23.6 Å². The number of aliphatic hydroxyl groups is 1. The van der Waals surface area contributed by atoms with Gasteiger partial charge in [-0.2, -0.15) is 26.3 Å². The summed E-state index contributed by atoms with van der Waals surface area (Å²) < 4.78 is 79.2. The quantitative estimate of drug-likeness (QED) is 0.511. The molecule has 2 fully saturated rings. The third kappa shape index (κ3) is 6.66. The van der Waals surface area contributed by atoms with Crippen molar-refractivity contribution in [2.45, 2.75) is 50.5 Å². The second kappa shape index (κ2) is 11.3. The molecule has 0 radical (unpaired) electrons. The van der Waals surface area contributed by atoms with Gasteiger partial charge in [0.25, 0.3) is 0 Å². The summed E-state index contributed by atoms with van der Waals surface area (Å²) in [5.74, 6) is -1.41. The van der Waals surface area contributed by atoms with Gasteiger partial charge in [0.15, 0.2) is 0 Å². The molecule has 2 aliphatic rings. The van der Waals surface area contributed by atoms with Crippen molar-refractivity contribution in [3.63, 3.8) is 0 Å². The molecule has 1 aromatic carbocycles. The van der Waals surface area contributed by atoms with Crippen molar-refractivity contribution in [3.05, 3.63) is 47.3 Å². The summed E-state index contributed by atoms with van der Waals surface area (Å²) in [7, 11) is 0. The second-order valence-electron chi connectivity index (χ2n) is 9.61. The number of halogens is 6. The molecule has 0 aliphatic carbocycles. The fraction of sp³-hybridized carbons (Fsp3) is 0.560. The van der Waals surface area contributed by atoms with Crippen LogP contribution in [-0.4, -0.2) is 59.8 Å². The Morgan fingerprint density at radius 1 is 0.947 bits per heavy atom. The number of carbonyl (C=O) groups excluding carboxylic acids is 1. The van der Waals surface area contributed by atoms with E-state index in [2.05, 4.69) is 15.3 Å². The molecule has 4 rings (SSSR count). The van der Waals surface area contributed by atoms with Crippen LogP contribution in [0.3, 0.4) is 0 Å². The van der Waals surface area contributed by atoms with Crippen LogP contribution in [0.2, 0.25) is 0 Å². The van der Waals surface area contributed by atoms with Gasteiger partial charge in [-0.15, -0.1) is 0 Å². The van der Waals surface area contributed by atoms with Gasteiger partial charge in [0.1, 0.15) is 17.7 Å². The number of nitrogens with zero attached hydrogens (tertiary/aromatic N) is 4. The Morgan fingerprint density at radius 3 is 2.21 bits per heavy atom. The number of amides is 1. The summed E-state index contributed by atoms with van der Waals surface area (Å²) in [5.41, 5.74) is -0.145. The van der Waals surface area contributed by atoms with Crippen LogP contribution >= 0.6 is 0 Å². The summed E-state index contributed by atoms with van der Waals surface area (Å²) in [4.78, 5) is 23.7. The molecule has 2 saturated heterocycles. The van der Waals surface area contributed by atoms with Gasteiger partial charge in [-0.05, 0) is 55.7 Å². The van der Waals surface area contributed by atoms with E-state index in [0.717, 1.165) is 12.1 Å². The van der Waals surface area contributed by atoms with Gasteiger partial charge < -0.3 is 20.2 Å². The van der Waals surface area contributed by atoms with Crippen LogP contribution in [0.5, 0.6) is 0 Å². The molecule has 208 valence electrons. The van der Waals surface area contributed by atoms with Crippen molar-refractivity contribution in [1.29, 1.82) is 0 Å². The molecule has 2 aliphatic heterocycles. The molecule has 0 bridgehead atoms. The third-order valence-electron chi connectivity index (χ3n) is 6.99. The van der Waals surface area contributed by atoms with Gasteiger partial charge in [0.2, 0.25) is 11.7 Å². The molecule has 13 heteroatoms. The summed E-state index contributed by atoms with van der Waals surface area (Å²) >= 11 is 0. The lowest BCUT2D eigenvalue weighted by molar-refractivity contribution is -0.144. The highest BCUT2D eigenvalue weighted by atomic mass is 19.4. The number of carbonyl (C=O) groups is 1. The zero-order valence-corrected chi connectivity index (χ0v) is 20.5. The first-order chi connectivity index (χ1) is 18.0. The zero-order valence-electron chi connectivity index (χ0n) is 20.5. The lowest BCUT2D eigenvalue weighted by atomic mass is 9.98. The average Bonchev–Trinajstić information content (AvgIpc) is 3.38. The number of aliphatic hydroxyl groups excluding tert-OH is 1. The Hall–Kier alpha value is -3.09. The van der Waals surface area contributed by atoms with E-state index in [1.807, 2.05) is 0 Å². The summed E-state index contributed by atoms with van der Waals surface area (Å²) in [6.45, 7) is 1.44. The van der Waals surface area contributed by atoms with E-state index in [9.17, 15) is 36.2 Å². The normalized spacial score (nSPS) is 19.2. The number of aromatic nitrogens is 2. The Labute approximate surface area is 215 Å². The van der Waals surface area contributed by atoms with Crippen LogP contribution in [0.25, 0.3) is 0 Å². The number of alkyl halides is 6. The lowest BCUT2D eigenvalue weighted by Crippen LogP contribution is -2.44. The maximum absolute atomic E-state index is 13.7. The van der Waals surface area contributed by atoms with Crippen LogP contribution in [0.4, 0.5) is 38.0 Å². The van der Waals surface area contributed by atoms with E-state index in [1.165, 1.54) is 18.2 Å². The van der Waals surface area contributed by atoms with Crippen molar-refractivity contribution < 1.29 is 36.2 Å². The molecular formula is C25H29F6N5O2. The zero-order chi connectivity index (χ0) is 27.5. The first kappa shape index (κ1) is 27.9. The highest BCUT2D eigenvalue weighted by Gasteiger charge is 2.39. The lowest BCUT2D eigenvalue weighted by Gasteiger charge is -2.33. The first-order valence-electron chi connectivity index (χ1n) is 12.5. The minimum atomic E-state index is -4.77. The Kier molecular flexibility index (Phi) is 8.34. The van der Waals surface area contributed by atoms with E-state index in [0.29, 0.717) is 57.3 Å². The number of hydrogen-bond acceptors (Lipinski definition) is 6. The number of benzene rings is 1. The maximum atomic E-state index is 13.7. The van der Waals surface area contributed by atoms with E-state index in [-0.39, 0.29) is 36.6 Å². The predicted octanol–water partition coefficient (Wildman–Crippen LogP) is 4.05. The number of nitrogens with one attached hydrogen (secondary N) is 1. The van der Waals surface area contributed by atoms with Crippen LogP contribution in [0.1, 0.15) is 42.6 Å². The fourth-order valence-corrected chi connectivity index (χ4v) is 4.82. The van der Waals surface area contributed by atoms with Crippen molar-refractivity contribution >= 4 is 17.5 Å². The Balaban J connectivity index is 1.44. The number of anilines is 2. The maximum Gasteiger partial charge on any atom is 0.451 e. The van der Waals surface area contributed by atoms with Crippen LogP contribution in [0.15, 0.2) is 30.3 Å². The summed E-state index contributed by atoms with van der Waals surface area (Å²) in [6, 6.07) is 5.40. The first-order valence-corrected chi connectivity index (χ1v) is 12.5. The standard InChI is InChI=1S/C25H29F6N5O2/c26-24(27,28)18-5-3-16(4-6-18)7-10-32-22(38)19-2-1-11-36(19)21-14-20(33-23(34-21)25(29,30)31)35-12-8-17(15-37)9-13-35/h3-6,14,17,19,37H,1-2,7-13,15H2,(H,32,38)/t19-/m0/s1. The minimum absolute atomic E-state index is 0.0204. The summed E-state index contributed by atoms with van der Waals surface area (Å²) in [6.07, 6.45) is -6.63. The van der Waals surface area contributed by atoms with Gasteiger partial charge in [0.05, 0.1) is 5.56 Å². The molecule has 0 unspecified atom stereocenters. The fourth-order valence-electron chi connectivity index (χ4n) is 4.82. The van der Waals surface area contributed by atoms with E-state index in [4.69, 9.17) is 0 Å². The van der Waals surface area contributed by atoms with Gasteiger partial charge in [-0.3, -0.25) is 4.79 Å². The second-order valence-corrected chi connectivity index (χ2v) is 9.61. The molecule has 2 aromatic rings. The van der Waals surface area contributed by atoms with Gasteiger partial charge in [0, 0.05) is 38.9 Å². The smallest absolute Gasteiger partial charge is 0.396 e. The van der Waals surface area contributed by atoms with Crippen molar-refractivity contribution in [2.24, 2.45) is 5.92 Å². The molecule has 38 heavy (non-hydrogen) atoms. The van der Waals surface area contributed by atoms with Gasteiger partial charge in [-0.25, -0.2) is 9.97 Å². The monoisotopic (exact) mass is 545 g/mol. The molecule has 1 atom stereocenters. The number of hydrogen-bond donors (Lipinski definition) is 2. The van der Waals surface area contributed by atoms with E-state index < -0.39 is 29.8 Å². The number of rotatable bonds is 7. The Bertz CT molecular complexity index is 1100. The molecule has 7 nitrogen and oxygen atoms in total. The van der Waals surface area contributed by atoms with E-state index in [1.54, 1.807) is 9.80 Å². The molecule has 3 heterocycles. The third-order valence-corrected chi connectivity index (χ3v) is 6.99. The van der Waals surface area contributed by atoms with Crippen molar-refractivity contribution in [1.82, 2.24) is 15.3 Å². The Morgan fingerprint density at radius 2 is 1.61 bits per heavy atom.